The van der Waals surface area contributed by atoms with Gasteiger partial charge in [-0.1, -0.05) is 18.2 Å². The van der Waals surface area contributed by atoms with E-state index < -0.39 is 10.0 Å². The van der Waals surface area contributed by atoms with Crippen molar-refractivity contribution in [3.05, 3.63) is 66.7 Å². The predicted molar refractivity (Wildman–Crippen MR) is 127 cm³/mol. The summed E-state index contributed by atoms with van der Waals surface area (Å²) in [6.07, 6.45) is 1.71. The molecular weight excluding hydrogens is 428 g/mol. The van der Waals surface area contributed by atoms with Crippen LogP contribution >= 0.6 is 0 Å². The Labute approximate surface area is 186 Å². The molecule has 0 aliphatic heterocycles. The molecule has 4 aromatic rings. The van der Waals surface area contributed by atoms with Gasteiger partial charge in [-0.25, -0.2) is 8.42 Å². The Kier molecular flexibility index (Phi) is 6.05. The molecule has 8 heteroatoms. The van der Waals surface area contributed by atoms with Gasteiger partial charge < -0.3 is 14.5 Å². The Morgan fingerprint density at radius 3 is 2.44 bits per heavy atom. The van der Waals surface area contributed by atoms with Crippen LogP contribution in [-0.2, 0) is 14.8 Å². The summed E-state index contributed by atoms with van der Waals surface area (Å²) in [5.41, 5.74) is 2.66. The topological polar surface area (TPSA) is 88.8 Å². The molecule has 0 atom stereocenters. The number of sulfonamides is 1. The first-order valence-electron chi connectivity index (χ1n) is 10.2. The standard InChI is InChI=1S/C24H24N2O5S/c1-30-19-12-10-18(11-13-19)26(32(2,28)29)15-5-8-24(27)25-17-9-14-21-20-6-3-4-7-22(20)31-23(21)16-17/h3-4,6-7,9-14,16H,5,8,15H2,1-2H3,(H,25,27). The van der Waals surface area contributed by atoms with Gasteiger partial charge in [0.25, 0.3) is 0 Å². The molecule has 0 aliphatic rings. The van der Waals surface area contributed by atoms with Gasteiger partial charge in [0.05, 0.1) is 19.1 Å². The number of carbonyl (C=O) groups excluding carboxylic acids is 1. The Morgan fingerprint density at radius 2 is 1.72 bits per heavy atom. The monoisotopic (exact) mass is 452 g/mol. The van der Waals surface area contributed by atoms with Crippen molar-refractivity contribution in [2.75, 3.05) is 29.5 Å². The molecule has 1 heterocycles. The highest BCUT2D eigenvalue weighted by Crippen LogP contribution is 2.30. The number of fused-ring (bicyclic) bond motifs is 3. The number of para-hydroxylation sites is 1. The number of benzene rings is 3. The second kappa shape index (κ2) is 8.92. The van der Waals surface area contributed by atoms with E-state index >= 15 is 0 Å². The number of nitrogens with zero attached hydrogens (tertiary/aromatic N) is 1. The van der Waals surface area contributed by atoms with Crippen LogP contribution in [0.3, 0.4) is 0 Å². The average molecular weight is 453 g/mol. The van der Waals surface area contributed by atoms with Gasteiger partial charge in [0, 0.05) is 35.5 Å². The highest BCUT2D eigenvalue weighted by Gasteiger charge is 2.18. The van der Waals surface area contributed by atoms with Gasteiger partial charge in [0.15, 0.2) is 0 Å². The molecule has 0 unspecified atom stereocenters. The van der Waals surface area contributed by atoms with Crippen LogP contribution in [0.4, 0.5) is 11.4 Å². The van der Waals surface area contributed by atoms with Crippen LogP contribution in [-0.4, -0.2) is 34.2 Å². The Hall–Kier alpha value is -3.52. The summed E-state index contributed by atoms with van der Waals surface area (Å²) in [7, 11) is -1.93. The maximum absolute atomic E-state index is 12.4. The van der Waals surface area contributed by atoms with E-state index in [9.17, 15) is 13.2 Å². The van der Waals surface area contributed by atoms with Crippen molar-refractivity contribution in [2.45, 2.75) is 12.8 Å². The van der Waals surface area contributed by atoms with Crippen molar-refractivity contribution in [2.24, 2.45) is 0 Å². The minimum Gasteiger partial charge on any atom is -0.497 e. The number of hydrogen-bond donors (Lipinski definition) is 1. The lowest BCUT2D eigenvalue weighted by atomic mass is 10.1. The highest BCUT2D eigenvalue weighted by atomic mass is 32.2. The van der Waals surface area contributed by atoms with E-state index in [0.717, 1.165) is 22.6 Å². The van der Waals surface area contributed by atoms with Crippen LogP contribution in [0, 0.1) is 0 Å². The van der Waals surface area contributed by atoms with Gasteiger partial charge in [-0.2, -0.15) is 0 Å². The zero-order valence-electron chi connectivity index (χ0n) is 17.9. The highest BCUT2D eigenvalue weighted by molar-refractivity contribution is 7.92. The summed E-state index contributed by atoms with van der Waals surface area (Å²) in [4.78, 5) is 12.4. The number of carbonyl (C=O) groups is 1. The molecule has 1 aromatic heterocycles. The molecule has 0 fully saturated rings. The summed E-state index contributed by atoms with van der Waals surface area (Å²) in [5.74, 6) is 0.451. The number of rotatable bonds is 8. The molecule has 166 valence electrons. The van der Waals surface area contributed by atoms with Gasteiger partial charge in [0.1, 0.15) is 16.9 Å². The fraction of sp³-hybridized carbons (Fsp3) is 0.208. The molecule has 1 amide bonds. The van der Waals surface area contributed by atoms with E-state index in [2.05, 4.69) is 5.32 Å². The lowest BCUT2D eigenvalue weighted by molar-refractivity contribution is -0.116. The summed E-state index contributed by atoms with van der Waals surface area (Å²) in [5, 5.41) is 4.88. The maximum atomic E-state index is 12.4. The molecule has 0 radical (unpaired) electrons. The number of hydrogen-bond acceptors (Lipinski definition) is 5. The van der Waals surface area contributed by atoms with Crippen molar-refractivity contribution in [1.29, 1.82) is 0 Å². The first-order valence-corrected chi connectivity index (χ1v) is 12.0. The number of anilines is 2. The van der Waals surface area contributed by atoms with Gasteiger partial charge in [0.2, 0.25) is 15.9 Å². The Bertz CT molecular complexity index is 1360. The minimum absolute atomic E-state index is 0.181. The largest absolute Gasteiger partial charge is 0.497 e. The molecule has 0 spiro atoms. The van der Waals surface area contributed by atoms with Crippen LogP contribution in [0.5, 0.6) is 5.75 Å². The minimum atomic E-state index is -3.48. The fourth-order valence-electron chi connectivity index (χ4n) is 3.65. The quantitative estimate of drug-likeness (QED) is 0.416. The summed E-state index contributed by atoms with van der Waals surface area (Å²) >= 11 is 0. The van der Waals surface area contributed by atoms with E-state index in [4.69, 9.17) is 9.15 Å². The van der Waals surface area contributed by atoms with E-state index in [0.29, 0.717) is 29.1 Å². The number of nitrogens with one attached hydrogen (secondary N) is 1. The molecular formula is C24H24N2O5S. The van der Waals surface area contributed by atoms with Crippen molar-refractivity contribution < 1.29 is 22.4 Å². The molecule has 4 rings (SSSR count). The van der Waals surface area contributed by atoms with E-state index in [1.807, 2.05) is 36.4 Å². The maximum Gasteiger partial charge on any atom is 0.232 e. The Morgan fingerprint density at radius 1 is 1.00 bits per heavy atom. The third kappa shape index (κ3) is 4.70. The zero-order chi connectivity index (χ0) is 22.7. The van der Waals surface area contributed by atoms with Gasteiger partial charge >= 0.3 is 0 Å². The predicted octanol–water partition coefficient (Wildman–Crippen LogP) is 4.78. The first kappa shape index (κ1) is 21.7. The normalized spacial score (nSPS) is 11.6. The Balaban J connectivity index is 1.39. The third-order valence-electron chi connectivity index (χ3n) is 5.19. The summed E-state index contributed by atoms with van der Waals surface area (Å²) in [6, 6.07) is 20.1. The molecule has 7 nitrogen and oxygen atoms in total. The third-order valence-corrected chi connectivity index (χ3v) is 6.38. The number of methoxy groups -OCH3 is 1. The number of ether oxygens (including phenoxy) is 1. The van der Waals surface area contributed by atoms with E-state index in [1.54, 1.807) is 37.4 Å². The fourth-order valence-corrected chi connectivity index (χ4v) is 4.61. The van der Waals surface area contributed by atoms with E-state index in [1.165, 1.54) is 4.31 Å². The lowest BCUT2D eigenvalue weighted by Gasteiger charge is -2.22. The molecule has 0 aliphatic carbocycles. The van der Waals surface area contributed by atoms with Gasteiger partial charge in [-0.15, -0.1) is 0 Å². The van der Waals surface area contributed by atoms with Crippen molar-refractivity contribution >= 4 is 49.2 Å². The number of furan rings is 1. The molecule has 0 saturated heterocycles. The van der Waals surface area contributed by atoms with Crippen LogP contribution in [0.1, 0.15) is 12.8 Å². The zero-order valence-corrected chi connectivity index (χ0v) is 18.7. The van der Waals surface area contributed by atoms with Crippen LogP contribution in [0.2, 0.25) is 0 Å². The first-order chi connectivity index (χ1) is 15.3. The summed E-state index contributed by atoms with van der Waals surface area (Å²) in [6.45, 7) is 0.196. The summed E-state index contributed by atoms with van der Waals surface area (Å²) < 4.78 is 36.7. The molecule has 0 saturated carbocycles. The SMILES string of the molecule is COc1ccc(N(CCCC(=O)Nc2ccc3c(c2)oc2ccccc23)S(C)(=O)=O)cc1. The molecule has 0 bridgehead atoms. The van der Waals surface area contributed by atoms with Crippen LogP contribution < -0.4 is 14.4 Å². The lowest BCUT2D eigenvalue weighted by Crippen LogP contribution is -2.31. The molecule has 32 heavy (non-hydrogen) atoms. The second-order valence-corrected chi connectivity index (χ2v) is 9.40. The smallest absolute Gasteiger partial charge is 0.232 e. The van der Waals surface area contributed by atoms with E-state index in [-0.39, 0.29) is 18.9 Å². The van der Waals surface area contributed by atoms with Crippen molar-refractivity contribution in [1.82, 2.24) is 0 Å². The van der Waals surface area contributed by atoms with Gasteiger partial charge in [-0.05, 0) is 48.9 Å². The average Bonchev–Trinajstić information content (AvgIpc) is 3.14. The van der Waals surface area contributed by atoms with Gasteiger partial charge in [-0.3, -0.25) is 9.10 Å². The molecule has 1 N–H and O–H groups in total. The van der Waals surface area contributed by atoms with Crippen molar-refractivity contribution in [3.8, 4) is 5.75 Å². The van der Waals surface area contributed by atoms with Crippen LogP contribution in [0.15, 0.2) is 71.1 Å². The van der Waals surface area contributed by atoms with Crippen LogP contribution in [0.25, 0.3) is 21.9 Å². The molecule has 3 aromatic carbocycles. The second-order valence-electron chi connectivity index (χ2n) is 7.49. The number of amides is 1. The van der Waals surface area contributed by atoms with Crippen molar-refractivity contribution in [3.63, 3.8) is 0 Å².